The highest BCUT2D eigenvalue weighted by molar-refractivity contribution is 5.89. The molecule has 0 aliphatic rings. The first-order valence-electron chi connectivity index (χ1n) is 6.23. The van der Waals surface area contributed by atoms with Gasteiger partial charge in [0.2, 0.25) is 0 Å². The SMILES string of the molecule is Cc1cc(NC(=O)N(C)CCN(C)C)ccc1[N+](=O)[O-]. The van der Waals surface area contributed by atoms with Gasteiger partial charge in [-0.25, -0.2) is 4.79 Å². The van der Waals surface area contributed by atoms with Gasteiger partial charge < -0.3 is 15.1 Å². The fourth-order valence-electron chi connectivity index (χ4n) is 1.61. The van der Waals surface area contributed by atoms with Crippen LogP contribution in [-0.4, -0.2) is 55.0 Å². The minimum atomic E-state index is -0.440. The summed E-state index contributed by atoms with van der Waals surface area (Å²) in [6.07, 6.45) is 0. The van der Waals surface area contributed by atoms with E-state index in [1.54, 1.807) is 24.9 Å². The summed E-state index contributed by atoms with van der Waals surface area (Å²) >= 11 is 0. The van der Waals surface area contributed by atoms with Gasteiger partial charge in [0.1, 0.15) is 0 Å². The average molecular weight is 280 g/mol. The van der Waals surface area contributed by atoms with Crippen LogP contribution in [0.25, 0.3) is 0 Å². The number of hydrogen-bond acceptors (Lipinski definition) is 4. The number of nitro groups is 1. The van der Waals surface area contributed by atoms with E-state index in [9.17, 15) is 14.9 Å². The highest BCUT2D eigenvalue weighted by atomic mass is 16.6. The van der Waals surface area contributed by atoms with Crippen LogP contribution in [0.3, 0.4) is 0 Å². The predicted molar refractivity (Wildman–Crippen MR) is 78.0 cm³/mol. The van der Waals surface area contributed by atoms with Crippen molar-refractivity contribution in [1.29, 1.82) is 0 Å². The Hall–Kier alpha value is -2.15. The minimum Gasteiger partial charge on any atom is -0.326 e. The Balaban J connectivity index is 2.66. The Morgan fingerprint density at radius 2 is 1.95 bits per heavy atom. The van der Waals surface area contributed by atoms with Crippen LogP contribution in [0.5, 0.6) is 0 Å². The van der Waals surface area contributed by atoms with E-state index in [4.69, 9.17) is 0 Å². The summed E-state index contributed by atoms with van der Waals surface area (Å²) in [5.74, 6) is 0. The van der Waals surface area contributed by atoms with E-state index in [-0.39, 0.29) is 11.7 Å². The van der Waals surface area contributed by atoms with Gasteiger partial charge in [-0.05, 0) is 33.2 Å². The molecule has 0 unspecified atom stereocenters. The number of hydrogen-bond donors (Lipinski definition) is 1. The van der Waals surface area contributed by atoms with Crippen LogP contribution in [0.15, 0.2) is 18.2 Å². The quantitative estimate of drug-likeness (QED) is 0.660. The molecule has 1 N–H and O–H groups in total. The van der Waals surface area contributed by atoms with E-state index < -0.39 is 4.92 Å². The molecule has 0 bridgehead atoms. The van der Waals surface area contributed by atoms with Crippen LogP contribution in [0, 0.1) is 17.0 Å². The van der Waals surface area contributed by atoms with Crippen molar-refractivity contribution < 1.29 is 9.72 Å². The van der Waals surface area contributed by atoms with E-state index in [0.717, 1.165) is 6.54 Å². The van der Waals surface area contributed by atoms with Crippen molar-refractivity contribution in [3.8, 4) is 0 Å². The van der Waals surface area contributed by atoms with Crippen LogP contribution in [-0.2, 0) is 0 Å². The molecule has 0 aliphatic carbocycles. The van der Waals surface area contributed by atoms with Crippen molar-refractivity contribution in [3.05, 3.63) is 33.9 Å². The van der Waals surface area contributed by atoms with E-state index in [2.05, 4.69) is 5.32 Å². The molecule has 0 saturated carbocycles. The molecule has 2 amide bonds. The number of amides is 2. The van der Waals surface area contributed by atoms with Gasteiger partial charge in [-0.2, -0.15) is 0 Å². The van der Waals surface area contributed by atoms with Crippen molar-refractivity contribution in [2.45, 2.75) is 6.92 Å². The predicted octanol–water partition coefficient (Wildman–Crippen LogP) is 1.93. The van der Waals surface area contributed by atoms with Gasteiger partial charge in [0.05, 0.1) is 4.92 Å². The third kappa shape index (κ3) is 4.51. The summed E-state index contributed by atoms with van der Waals surface area (Å²) in [7, 11) is 5.58. The Morgan fingerprint density at radius 3 is 2.45 bits per heavy atom. The average Bonchev–Trinajstić information content (AvgIpc) is 2.35. The van der Waals surface area contributed by atoms with E-state index in [1.807, 2.05) is 19.0 Å². The fourth-order valence-corrected chi connectivity index (χ4v) is 1.61. The summed E-state index contributed by atoms with van der Waals surface area (Å²) < 4.78 is 0. The Morgan fingerprint density at radius 1 is 1.30 bits per heavy atom. The van der Waals surface area contributed by atoms with Crippen LogP contribution in [0.2, 0.25) is 0 Å². The second-order valence-corrected chi connectivity index (χ2v) is 4.91. The number of nitro benzene ring substituents is 1. The molecule has 110 valence electrons. The standard InChI is InChI=1S/C13H20N4O3/c1-10-9-11(5-6-12(10)17(19)20)14-13(18)16(4)8-7-15(2)3/h5-6,9H,7-8H2,1-4H3,(H,14,18). The largest absolute Gasteiger partial charge is 0.326 e. The highest BCUT2D eigenvalue weighted by Crippen LogP contribution is 2.21. The first-order chi connectivity index (χ1) is 9.31. The first kappa shape index (κ1) is 15.9. The second kappa shape index (κ2) is 6.85. The number of urea groups is 1. The number of nitrogens with one attached hydrogen (secondary N) is 1. The van der Waals surface area contributed by atoms with Crippen LogP contribution in [0.1, 0.15) is 5.56 Å². The molecule has 1 aromatic carbocycles. The molecular weight excluding hydrogens is 260 g/mol. The second-order valence-electron chi connectivity index (χ2n) is 4.91. The molecule has 0 aliphatic heterocycles. The van der Waals surface area contributed by atoms with Crippen LogP contribution in [0.4, 0.5) is 16.2 Å². The molecule has 0 aromatic heterocycles. The number of carbonyl (C=O) groups excluding carboxylic acids is 1. The Bertz CT molecular complexity index is 502. The van der Waals surface area contributed by atoms with Gasteiger partial charge in [-0.1, -0.05) is 0 Å². The lowest BCUT2D eigenvalue weighted by molar-refractivity contribution is -0.385. The summed E-state index contributed by atoms with van der Waals surface area (Å²) in [5.41, 5.74) is 1.11. The first-order valence-corrected chi connectivity index (χ1v) is 6.23. The number of likely N-dealkylation sites (N-methyl/N-ethyl adjacent to an activating group) is 2. The third-order valence-corrected chi connectivity index (χ3v) is 2.87. The molecule has 0 atom stereocenters. The molecule has 7 heteroatoms. The molecule has 0 fully saturated rings. The maximum absolute atomic E-state index is 11.9. The van der Waals surface area contributed by atoms with Gasteiger partial charge in [0.15, 0.2) is 0 Å². The van der Waals surface area contributed by atoms with Crippen molar-refractivity contribution in [2.75, 3.05) is 39.5 Å². The number of rotatable bonds is 5. The molecular formula is C13H20N4O3. The molecule has 1 aromatic rings. The topological polar surface area (TPSA) is 78.7 Å². The number of benzene rings is 1. The number of aryl methyl sites for hydroxylation is 1. The summed E-state index contributed by atoms with van der Waals surface area (Å²) in [5, 5.41) is 13.4. The number of nitrogens with zero attached hydrogens (tertiary/aromatic N) is 3. The maximum atomic E-state index is 11.9. The smallest absolute Gasteiger partial charge is 0.321 e. The zero-order valence-electron chi connectivity index (χ0n) is 12.2. The molecule has 0 radical (unpaired) electrons. The summed E-state index contributed by atoms with van der Waals surface area (Å²) in [6.45, 7) is 3.01. The molecule has 0 saturated heterocycles. The Kier molecular flexibility index (Phi) is 5.45. The van der Waals surface area contributed by atoms with Gasteiger partial charge in [-0.15, -0.1) is 0 Å². The lowest BCUT2D eigenvalue weighted by atomic mass is 10.2. The summed E-state index contributed by atoms with van der Waals surface area (Å²) in [6, 6.07) is 4.28. The number of carbonyl (C=O) groups is 1. The maximum Gasteiger partial charge on any atom is 0.321 e. The van der Waals surface area contributed by atoms with Crippen LogP contribution >= 0.6 is 0 Å². The zero-order chi connectivity index (χ0) is 15.3. The highest BCUT2D eigenvalue weighted by Gasteiger charge is 2.13. The third-order valence-electron chi connectivity index (χ3n) is 2.87. The van der Waals surface area contributed by atoms with Crippen LogP contribution < -0.4 is 5.32 Å². The molecule has 0 heterocycles. The molecule has 0 spiro atoms. The minimum absolute atomic E-state index is 0.0453. The van der Waals surface area contributed by atoms with Crippen molar-refractivity contribution >= 4 is 17.4 Å². The van der Waals surface area contributed by atoms with Gasteiger partial charge >= 0.3 is 6.03 Å². The fraction of sp³-hybridized carbons (Fsp3) is 0.462. The van der Waals surface area contributed by atoms with E-state index in [0.29, 0.717) is 17.8 Å². The lowest BCUT2D eigenvalue weighted by Gasteiger charge is -2.20. The van der Waals surface area contributed by atoms with E-state index >= 15 is 0 Å². The van der Waals surface area contributed by atoms with Gasteiger partial charge in [-0.3, -0.25) is 10.1 Å². The normalized spacial score (nSPS) is 10.4. The van der Waals surface area contributed by atoms with Gasteiger partial charge in [0.25, 0.3) is 5.69 Å². The molecule has 1 rings (SSSR count). The van der Waals surface area contributed by atoms with E-state index in [1.165, 1.54) is 12.1 Å². The van der Waals surface area contributed by atoms with Crippen molar-refractivity contribution in [3.63, 3.8) is 0 Å². The Labute approximate surface area is 118 Å². The summed E-state index contributed by atoms with van der Waals surface area (Å²) in [4.78, 5) is 25.7. The lowest BCUT2D eigenvalue weighted by Crippen LogP contribution is -2.36. The van der Waals surface area contributed by atoms with Gasteiger partial charge in [0, 0.05) is 37.5 Å². The molecule has 7 nitrogen and oxygen atoms in total. The van der Waals surface area contributed by atoms with Crippen molar-refractivity contribution in [2.24, 2.45) is 0 Å². The van der Waals surface area contributed by atoms with Crippen molar-refractivity contribution in [1.82, 2.24) is 9.80 Å². The number of anilines is 1. The molecule has 20 heavy (non-hydrogen) atoms. The monoisotopic (exact) mass is 280 g/mol. The zero-order valence-corrected chi connectivity index (χ0v) is 12.2.